The van der Waals surface area contributed by atoms with E-state index in [-0.39, 0.29) is 16.5 Å². The largest absolute Gasteiger partial charge is 0.495 e. The molecule has 0 fully saturated rings. The van der Waals surface area contributed by atoms with Crippen LogP contribution in [0.5, 0.6) is 5.75 Å². The third kappa shape index (κ3) is 4.40. The quantitative estimate of drug-likeness (QED) is 0.556. The highest BCUT2D eigenvalue weighted by molar-refractivity contribution is 8.00. The summed E-state index contributed by atoms with van der Waals surface area (Å²) in [5.74, 6) is 6.59. The molecule has 0 amide bonds. The van der Waals surface area contributed by atoms with Crippen molar-refractivity contribution < 1.29 is 19.1 Å². The summed E-state index contributed by atoms with van der Waals surface area (Å²) in [4.78, 5) is 25.2. The monoisotopic (exact) mass is 394 g/mol. The second-order valence-electron chi connectivity index (χ2n) is 7.06. The highest BCUT2D eigenvalue weighted by Crippen LogP contribution is 2.44. The van der Waals surface area contributed by atoms with Gasteiger partial charge in [-0.25, -0.2) is 4.79 Å². The van der Waals surface area contributed by atoms with Crippen molar-refractivity contribution in [3.63, 3.8) is 0 Å². The molecule has 5 heteroatoms. The Morgan fingerprint density at radius 1 is 1.18 bits per heavy atom. The van der Waals surface area contributed by atoms with Crippen LogP contribution < -0.4 is 4.74 Å². The van der Waals surface area contributed by atoms with E-state index in [1.54, 1.807) is 50.1 Å². The normalized spacial score (nSPS) is 14.5. The predicted molar refractivity (Wildman–Crippen MR) is 110 cm³/mol. The van der Waals surface area contributed by atoms with Crippen LogP contribution >= 0.6 is 11.8 Å². The summed E-state index contributed by atoms with van der Waals surface area (Å²) < 4.78 is 10.3. The number of hydrogen-bond donors (Lipinski definition) is 0. The van der Waals surface area contributed by atoms with Crippen molar-refractivity contribution in [2.45, 2.75) is 36.8 Å². The minimum Gasteiger partial charge on any atom is -0.495 e. The molecule has 0 bridgehead atoms. The van der Waals surface area contributed by atoms with Crippen molar-refractivity contribution in [3.05, 3.63) is 58.7 Å². The second-order valence-corrected chi connectivity index (χ2v) is 8.81. The highest BCUT2D eigenvalue weighted by Gasteiger charge is 2.32. The molecule has 4 nitrogen and oxygen atoms in total. The summed E-state index contributed by atoms with van der Waals surface area (Å²) >= 11 is 1.69. The Morgan fingerprint density at radius 2 is 1.89 bits per heavy atom. The van der Waals surface area contributed by atoms with Gasteiger partial charge in [0.25, 0.3) is 0 Å². The molecule has 1 aliphatic heterocycles. The highest BCUT2D eigenvalue weighted by atomic mass is 32.2. The van der Waals surface area contributed by atoms with Gasteiger partial charge in [0.05, 0.1) is 24.8 Å². The average Bonchev–Trinajstić information content (AvgIpc) is 2.65. The molecule has 2 aromatic rings. The van der Waals surface area contributed by atoms with Gasteiger partial charge in [-0.3, -0.25) is 4.79 Å². The zero-order valence-corrected chi connectivity index (χ0v) is 17.2. The first kappa shape index (κ1) is 20.0. The fourth-order valence-corrected chi connectivity index (χ4v) is 4.24. The summed E-state index contributed by atoms with van der Waals surface area (Å²) in [6, 6.07) is 10.6. The number of fused-ring (bicyclic) bond motifs is 1. The number of benzene rings is 2. The molecule has 0 aromatic heterocycles. The number of rotatable bonds is 3. The van der Waals surface area contributed by atoms with Crippen LogP contribution in [0.15, 0.2) is 41.3 Å². The molecule has 0 spiro atoms. The lowest BCUT2D eigenvalue weighted by Gasteiger charge is -2.29. The van der Waals surface area contributed by atoms with Crippen LogP contribution in [-0.4, -0.2) is 30.2 Å². The number of ether oxygens (including phenoxy) is 2. The van der Waals surface area contributed by atoms with Crippen LogP contribution in [0, 0.1) is 11.8 Å². The first-order chi connectivity index (χ1) is 13.3. The van der Waals surface area contributed by atoms with Crippen LogP contribution in [0.3, 0.4) is 0 Å². The molecule has 0 radical (unpaired) electrons. The van der Waals surface area contributed by atoms with Crippen molar-refractivity contribution in [1.82, 2.24) is 0 Å². The molecular weight excluding hydrogens is 372 g/mol. The van der Waals surface area contributed by atoms with Crippen molar-refractivity contribution in [3.8, 4) is 17.6 Å². The van der Waals surface area contributed by atoms with Gasteiger partial charge in [-0.05, 0) is 57.2 Å². The Morgan fingerprint density at radius 3 is 2.54 bits per heavy atom. The zero-order valence-electron chi connectivity index (χ0n) is 16.4. The number of methoxy groups -OCH3 is 1. The molecule has 0 saturated carbocycles. The first-order valence-corrected chi connectivity index (χ1v) is 9.88. The van der Waals surface area contributed by atoms with Gasteiger partial charge < -0.3 is 9.47 Å². The number of Topliss-reactive ketones (excluding diaryl/α,β-unsaturated/α-hetero) is 1. The number of carbonyl (C=O) groups excluding carboxylic acids is 2. The van der Waals surface area contributed by atoms with Crippen molar-refractivity contribution in [1.29, 1.82) is 0 Å². The number of carbonyl (C=O) groups is 2. The maximum atomic E-state index is 12.5. The Labute approximate surface area is 169 Å². The van der Waals surface area contributed by atoms with Crippen LogP contribution in [0.1, 0.15) is 59.0 Å². The van der Waals surface area contributed by atoms with E-state index < -0.39 is 0 Å². The number of thioether (sulfide) groups is 1. The molecule has 0 atom stereocenters. The average molecular weight is 394 g/mol. The van der Waals surface area contributed by atoms with Crippen molar-refractivity contribution >= 4 is 23.5 Å². The number of hydrogen-bond acceptors (Lipinski definition) is 5. The molecule has 1 aliphatic rings. The van der Waals surface area contributed by atoms with Gasteiger partial charge in [0, 0.05) is 27.2 Å². The standard InChI is InChI=1S/C23H22O4S/c1-5-27-22(25)16-9-6-15(7-10-16)8-11-17-12-18-19(24)14-23(2,3)28-21(18)13-20(17)26-4/h6-7,9-10,12-13H,5,14H2,1-4H3. The molecule has 0 N–H and O–H groups in total. The summed E-state index contributed by atoms with van der Waals surface area (Å²) in [7, 11) is 1.60. The summed E-state index contributed by atoms with van der Waals surface area (Å²) in [6.45, 7) is 6.25. The van der Waals surface area contributed by atoms with E-state index in [1.807, 2.05) is 12.1 Å². The van der Waals surface area contributed by atoms with Crippen LogP contribution in [0.4, 0.5) is 0 Å². The van der Waals surface area contributed by atoms with E-state index >= 15 is 0 Å². The molecular formula is C23H22O4S. The fraction of sp³-hybridized carbons (Fsp3) is 0.304. The van der Waals surface area contributed by atoms with Crippen LogP contribution in [0.2, 0.25) is 0 Å². The van der Waals surface area contributed by atoms with Crippen molar-refractivity contribution in [2.24, 2.45) is 0 Å². The van der Waals surface area contributed by atoms with Gasteiger partial charge in [0.15, 0.2) is 5.78 Å². The smallest absolute Gasteiger partial charge is 0.338 e. The molecule has 3 rings (SSSR count). The van der Waals surface area contributed by atoms with Gasteiger partial charge in [-0.15, -0.1) is 11.8 Å². The Kier molecular flexibility index (Phi) is 5.81. The second kappa shape index (κ2) is 8.12. The summed E-state index contributed by atoms with van der Waals surface area (Å²) in [5.41, 5.74) is 2.62. The minimum absolute atomic E-state index is 0.122. The SMILES string of the molecule is CCOC(=O)c1ccc(C#Cc2cc3c(cc2OC)SC(C)(C)CC3=O)cc1. The lowest BCUT2D eigenvalue weighted by Crippen LogP contribution is -2.25. The molecule has 144 valence electrons. The molecule has 0 aliphatic carbocycles. The van der Waals surface area contributed by atoms with E-state index in [9.17, 15) is 9.59 Å². The third-order valence-corrected chi connectivity index (χ3v) is 5.57. The summed E-state index contributed by atoms with van der Waals surface area (Å²) in [5, 5.41) is 0. The lowest BCUT2D eigenvalue weighted by molar-refractivity contribution is 0.0526. The van der Waals surface area contributed by atoms with Crippen LogP contribution in [-0.2, 0) is 4.74 Å². The maximum absolute atomic E-state index is 12.5. The summed E-state index contributed by atoms with van der Waals surface area (Å²) in [6.07, 6.45) is 0.499. The number of ketones is 1. The molecule has 0 saturated heterocycles. The van der Waals surface area contributed by atoms with E-state index in [4.69, 9.17) is 9.47 Å². The predicted octanol–water partition coefficient (Wildman–Crippen LogP) is 4.73. The lowest BCUT2D eigenvalue weighted by atomic mass is 9.97. The molecule has 1 heterocycles. The van der Waals surface area contributed by atoms with Gasteiger partial charge in [0.1, 0.15) is 5.75 Å². The molecule has 28 heavy (non-hydrogen) atoms. The zero-order chi connectivity index (χ0) is 20.3. The Balaban J connectivity index is 1.91. The third-order valence-electron chi connectivity index (χ3n) is 4.31. The fourth-order valence-electron chi connectivity index (χ4n) is 2.99. The minimum atomic E-state index is -0.350. The Hall–Kier alpha value is -2.71. The molecule has 2 aromatic carbocycles. The first-order valence-electron chi connectivity index (χ1n) is 9.06. The van der Waals surface area contributed by atoms with Crippen molar-refractivity contribution in [2.75, 3.05) is 13.7 Å². The van der Waals surface area contributed by atoms with E-state index in [1.165, 1.54) is 0 Å². The van der Waals surface area contributed by atoms with E-state index in [2.05, 4.69) is 25.7 Å². The van der Waals surface area contributed by atoms with Gasteiger partial charge in [-0.2, -0.15) is 0 Å². The topological polar surface area (TPSA) is 52.6 Å². The van der Waals surface area contributed by atoms with Crippen LogP contribution in [0.25, 0.3) is 0 Å². The van der Waals surface area contributed by atoms with E-state index in [0.29, 0.717) is 35.5 Å². The van der Waals surface area contributed by atoms with Gasteiger partial charge >= 0.3 is 5.97 Å². The van der Waals surface area contributed by atoms with Gasteiger partial charge in [0.2, 0.25) is 0 Å². The Bertz CT molecular complexity index is 978. The number of esters is 1. The van der Waals surface area contributed by atoms with Gasteiger partial charge in [-0.1, -0.05) is 11.8 Å². The van der Waals surface area contributed by atoms with E-state index in [0.717, 1.165) is 10.5 Å². The maximum Gasteiger partial charge on any atom is 0.338 e. The molecule has 0 unspecified atom stereocenters.